The third kappa shape index (κ3) is 3.73. The van der Waals surface area contributed by atoms with Gasteiger partial charge in [-0.1, -0.05) is 53.0 Å². The first-order valence-corrected chi connectivity index (χ1v) is 9.10. The van der Waals surface area contributed by atoms with Crippen molar-refractivity contribution in [3.8, 4) is 11.5 Å². The lowest BCUT2D eigenvalue weighted by Crippen LogP contribution is -2.29. The molecule has 3 nitrogen and oxygen atoms in total. The Labute approximate surface area is 151 Å². The molecule has 3 rings (SSSR count). The van der Waals surface area contributed by atoms with Crippen LogP contribution in [0.5, 0.6) is 11.5 Å². The highest BCUT2D eigenvalue weighted by molar-refractivity contribution is 7.21. The lowest BCUT2D eigenvalue weighted by atomic mass is 10.0. The molecule has 0 fully saturated rings. The van der Waals surface area contributed by atoms with Crippen molar-refractivity contribution >= 4 is 25.1 Å². The minimum atomic E-state index is 0.780. The van der Waals surface area contributed by atoms with E-state index in [-0.39, 0.29) is 0 Å². The van der Waals surface area contributed by atoms with Gasteiger partial charge in [-0.3, -0.25) is 9.88 Å². The number of aromatic nitrogens is 1. The van der Waals surface area contributed by atoms with Crippen molar-refractivity contribution in [1.82, 2.24) is 9.88 Å². The van der Waals surface area contributed by atoms with E-state index in [9.17, 15) is 0 Å². The summed E-state index contributed by atoms with van der Waals surface area (Å²) < 4.78 is 6.19. The average molecular weight is 350 g/mol. The van der Waals surface area contributed by atoms with Crippen LogP contribution >= 0.6 is 8.86 Å². The third-order valence-corrected chi connectivity index (χ3v) is 4.96. The quantitative estimate of drug-likeness (QED) is 0.564. The van der Waals surface area contributed by atoms with E-state index in [0.29, 0.717) is 0 Å². The highest BCUT2D eigenvalue weighted by Crippen LogP contribution is 2.31. The molecule has 0 bridgehead atoms. The zero-order valence-corrected chi connectivity index (χ0v) is 15.9. The maximum absolute atomic E-state index is 6.19. The number of ether oxygens (including phenoxy) is 1. The van der Waals surface area contributed by atoms with Gasteiger partial charge in [-0.05, 0) is 30.0 Å². The molecular formula is C21H23N2OP. The van der Waals surface area contributed by atoms with Gasteiger partial charge in [0.1, 0.15) is 11.5 Å². The van der Waals surface area contributed by atoms with Gasteiger partial charge in [0.05, 0.1) is 11.1 Å². The molecule has 0 saturated heterocycles. The van der Waals surface area contributed by atoms with Gasteiger partial charge in [0.15, 0.2) is 0 Å². The molecule has 0 aliphatic rings. The van der Waals surface area contributed by atoms with Crippen molar-refractivity contribution in [3.05, 3.63) is 66.0 Å². The van der Waals surface area contributed by atoms with Gasteiger partial charge in [-0.2, -0.15) is 0 Å². The molecule has 0 aliphatic heterocycles. The van der Waals surface area contributed by atoms with E-state index >= 15 is 0 Å². The zero-order chi connectivity index (χ0) is 17.8. The number of fused-ring (bicyclic) bond motifs is 1. The van der Waals surface area contributed by atoms with Crippen LogP contribution in [-0.2, 0) is 0 Å². The topological polar surface area (TPSA) is 25.4 Å². The van der Waals surface area contributed by atoms with Crippen molar-refractivity contribution in [2.45, 2.75) is 20.8 Å². The molecule has 3 aromatic rings. The number of rotatable bonds is 6. The molecule has 2 aromatic carbocycles. The standard InChI is InChI=1S/C21H23N2OP/c1-4-23(5-2)21(25)19-14-16(12-13-22-19)24-20-11-10-15(3)17-8-6-7-9-18(17)20/h6-14,25H,4-5H2,1-3H3. The lowest BCUT2D eigenvalue weighted by molar-refractivity contribution is 0.471. The van der Waals surface area contributed by atoms with Crippen LogP contribution in [0.15, 0.2) is 54.7 Å². The van der Waals surface area contributed by atoms with Crippen LogP contribution in [-0.4, -0.2) is 28.4 Å². The first-order valence-electron chi connectivity index (χ1n) is 8.60. The van der Waals surface area contributed by atoms with E-state index in [4.69, 9.17) is 4.74 Å². The summed E-state index contributed by atoms with van der Waals surface area (Å²) >= 11 is 0. The summed E-state index contributed by atoms with van der Waals surface area (Å²) in [5, 5.41) is 2.33. The molecule has 4 heteroatoms. The Morgan fingerprint density at radius 3 is 2.48 bits per heavy atom. The summed E-state index contributed by atoms with van der Waals surface area (Å²) in [4.78, 5) is 6.68. The van der Waals surface area contributed by atoms with Crippen molar-refractivity contribution in [2.75, 3.05) is 13.1 Å². The van der Waals surface area contributed by atoms with Crippen LogP contribution in [0.4, 0.5) is 0 Å². The van der Waals surface area contributed by atoms with Crippen LogP contribution < -0.4 is 4.74 Å². The fourth-order valence-electron chi connectivity index (χ4n) is 2.94. The van der Waals surface area contributed by atoms with Crippen LogP contribution in [0.1, 0.15) is 25.1 Å². The molecule has 128 valence electrons. The number of hydrogen-bond acceptors (Lipinski definition) is 2. The number of hydrogen-bond donors (Lipinski definition) is 0. The van der Waals surface area contributed by atoms with Crippen molar-refractivity contribution in [2.24, 2.45) is 0 Å². The van der Waals surface area contributed by atoms with Gasteiger partial charge in [0.2, 0.25) is 0 Å². The van der Waals surface area contributed by atoms with Gasteiger partial charge in [-0.25, -0.2) is 0 Å². The number of aryl methyl sites for hydroxylation is 1. The van der Waals surface area contributed by atoms with E-state index in [1.165, 1.54) is 10.9 Å². The van der Waals surface area contributed by atoms with E-state index in [2.05, 4.69) is 63.8 Å². The van der Waals surface area contributed by atoms with Crippen molar-refractivity contribution in [3.63, 3.8) is 0 Å². The predicted octanol–water partition coefficient (Wildman–Crippen LogP) is 5.30. The fraction of sp³-hybridized carbons (Fsp3) is 0.238. The largest absolute Gasteiger partial charge is 0.457 e. The third-order valence-electron chi connectivity index (χ3n) is 4.38. The molecule has 0 N–H and O–H groups in total. The summed E-state index contributed by atoms with van der Waals surface area (Å²) in [6, 6.07) is 16.3. The average Bonchev–Trinajstić information content (AvgIpc) is 2.65. The molecule has 1 heterocycles. The maximum Gasteiger partial charge on any atom is 0.135 e. The maximum atomic E-state index is 6.19. The van der Waals surface area contributed by atoms with E-state index in [1.54, 1.807) is 6.20 Å². The number of pyridine rings is 1. The molecule has 1 aromatic heterocycles. The minimum absolute atomic E-state index is 0.780. The SMILES string of the molecule is CCN(CC)C(=P)c1cc(Oc2ccc(C)c3ccccc23)ccn1. The second-order valence-electron chi connectivity index (χ2n) is 5.93. The minimum Gasteiger partial charge on any atom is -0.457 e. The predicted molar refractivity (Wildman–Crippen MR) is 108 cm³/mol. The molecule has 0 atom stereocenters. The summed E-state index contributed by atoms with van der Waals surface area (Å²) in [5.74, 6) is 1.64. The summed E-state index contributed by atoms with van der Waals surface area (Å²) in [7, 11) is 3.72. The second kappa shape index (κ2) is 7.77. The Hall–Kier alpha value is -2.22. The Kier molecular flexibility index (Phi) is 5.47. The molecular weight excluding hydrogens is 327 g/mol. The molecule has 0 amide bonds. The molecule has 25 heavy (non-hydrogen) atoms. The van der Waals surface area contributed by atoms with Gasteiger partial charge < -0.3 is 4.74 Å². The zero-order valence-electron chi connectivity index (χ0n) is 14.9. The number of nitrogens with zero attached hydrogens (tertiary/aromatic N) is 2. The fourth-order valence-corrected chi connectivity index (χ4v) is 3.40. The van der Waals surface area contributed by atoms with Crippen LogP contribution in [0, 0.1) is 6.92 Å². The highest BCUT2D eigenvalue weighted by Gasteiger charge is 2.11. The first-order chi connectivity index (χ1) is 12.1. The highest BCUT2D eigenvalue weighted by atomic mass is 31.0. The first kappa shape index (κ1) is 17.6. The molecule has 0 saturated carbocycles. The molecule has 0 aliphatic carbocycles. The van der Waals surface area contributed by atoms with E-state index in [0.717, 1.165) is 41.1 Å². The van der Waals surface area contributed by atoms with Gasteiger partial charge >= 0.3 is 0 Å². The van der Waals surface area contributed by atoms with Crippen LogP contribution in [0.3, 0.4) is 0 Å². The van der Waals surface area contributed by atoms with Gasteiger partial charge in [0.25, 0.3) is 0 Å². The van der Waals surface area contributed by atoms with Gasteiger partial charge in [0, 0.05) is 30.7 Å². The number of benzene rings is 2. The van der Waals surface area contributed by atoms with Crippen molar-refractivity contribution < 1.29 is 4.74 Å². The summed E-state index contributed by atoms with van der Waals surface area (Å²) in [6.07, 6.45) is 1.78. The summed E-state index contributed by atoms with van der Waals surface area (Å²) in [5.41, 5.74) is 3.09. The monoisotopic (exact) mass is 350 g/mol. The molecule has 0 spiro atoms. The summed E-state index contributed by atoms with van der Waals surface area (Å²) in [6.45, 7) is 8.22. The molecule has 0 radical (unpaired) electrons. The Bertz CT molecular complexity index is 903. The smallest absolute Gasteiger partial charge is 0.135 e. The van der Waals surface area contributed by atoms with Crippen LogP contribution in [0.25, 0.3) is 10.8 Å². The normalized spacial score (nSPS) is 11.0. The van der Waals surface area contributed by atoms with Crippen LogP contribution in [0.2, 0.25) is 0 Å². The Morgan fingerprint density at radius 1 is 1.04 bits per heavy atom. The van der Waals surface area contributed by atoms with Gasteiger partial charge in [-0.15, -0.1) is 0 Å². The Morgan fingerprint density at radius 2 is 1.76 bits per heavy atom. The van der Waals surface area contributed by atoms with E-state index in [1.807, 2.05) is 24.3 Å². The lowest BCUT2D eigenvalue weighted by Gasteiger charge is -2.20. The van der Waals surface area contributed by atoms with E-state index < -0.39 is 0 Å². The second-order valence-corrected chi connectivity index (χ2v) is 6.40. The van der Waals surface area contributed by atoms with Crippen molar-refractivity contribution in [1.29, 1.82) is 0 Å². The Balaban J connectivity index is 1.93. The molecule has 0 unspecified atom stereocenters.